The van der Waals surface area contributed by atoms with Crippen LogP contribution in [0.5, 0.6) is 0 Å². The zero-order chi connectivity index (χ0) is 20.3. The molecule has 0 bridgehead atoms. The molecule has 0 aromatic heterocycles. The summed E-state index contributed by atoms with van der Waals surface area (Å²) in [6.45, 7) is 3.52. The molecule has 2 aliphatic rings. The van der Waals surface area contributed by atoms with Crippen LogP contribution in [0.1, 0.15) is 23.2 Å². The number of nitrogens with zero attached hydrogens (tertiary/aromatic N) is 2. The zero-order valence-electron chi connectivity index (χ0n) is 16.2. The average molecular weight is 413 g/mol. The van der Waals surface area contributed by atoms with E-state index in [9.17, 15) is 9.59 Å². The van der Waals surface area contributed by atoms with E-state index in [0.717, 1.165) is 38.2 Å². The number of rotatable bonds is 5. The van der Waals surface area contributed by atoms with Gasteiger partial charge < -0.3 is 20.4 Å². The van der Waals surface area contributed by atoms with Crippen LogP contribution in [0, 0.1) is 0 Å². The molecule has 1 spiro atoms. The lowest BCUT2D eigenvalue weighted by Gasteiger charge is -2.43. The predicted molar refractivity (Wildman–Crippen MR) is 114 cm³/mol. The lowest BCUT2D eigenvalue weighted by atomic mass is 9.85. The number of likely N-dealkylation sites (tertiary alicyclic amines) is 1. The van der Waals surface area contributed by atoms with Gasteiger partial charge >= 0.3 is 0 Å². The fraction of sp³-hybridized carbons (Fsp3) is 0.364. The zero-order valence-corrected chi connectivity index (χ0v) is 17.0. The Morgan fingerprint density at radius 2 is 1.76 bits per heavy atom. The second-order valence-corrected chi connectivity index (χ2v) is 8.00. The van der Waals surface area contributed by atoms with Crippen molar-refractivity contribution in [1.29, 1.82) is 0 Å². The molecule has 2 aromatic rings. The Labute approximate surface area is 175 Å². The van der Waals surface area contributed by atoms with Crippen molar-refractivity contribution in [3.05, 3.63) is 65.2 Å². The van der Waals surface area contributed by atoms with Crippen LogP contribution in [0.25, 0.3) is 0 Å². The van der Waals surface area contributed by atoms with Gasteiger partial charge in [0.15, 0.2) is 0 Å². The highest BCUT2D eigenvalue weighted by molar-refractivity contribution is 6.30. The van der Waals surface area contributed by atoms with E-state index in [1.807, 2.05) is 54.6 Å². The molecule has 0 radical (unpaired) electrons. The number of nitrogens with one attached hydrogen (secondary N) is 2. The molecular formula is C22H25ClN4O2. The fourth-order valence-corrected chi connectivity index (χ4v) is 4.34. The van der Waals surface area contributed by atoms with Crippen molar-refractivity contribution in [2.24, 2.45) is 0 Å². The Bertz CT molecular complexity index is 864. The summed E-state index contributed by atoms with van der Waals surface area (Å²) in [5.41, 5.74) is 1.18. The average Bonchev–Trinajstić information content (AvgIpc) is 3.06. The van der Waals surface area contributed by atoms with E-state index < -0.39 is 5.54 Å². The van der Waals surface area contributed by atoms with E-state index in [-0.39, 0.29) is 11.8 Å². The van der Waals surface area contributed by atoms with Crippen molar-refractivity contribution >= 4 is 29.1 Å². The molecule has 2 heterocycles. The third-order valence-corrected chi connectivity index (χ3v) is 6.16. The van der Waals surface area contributed by atoms with Gasteiger partial charge in [0, 0.05) is 42.5 Å². The normalized spacial score (nSPS) is 18.7. The minimum Gasteiger partial charge on any atom is -0.351 e. The summed E-state index contributed by atoms with van der Waals surface area (Å²) in [6.07, 6.45) is 1.52. The largest absolute Gasteiger partial charge is 0.351 e. The molecule has 152 valence electrons. The van der Waals surface area contributed by atoms with Crippen LogP contribution in [-0.2, 0) is 4.79 Å². The lowest BCUT2D eigenvalue weighted by Crippen LogP contribution is -2.57. The molecule has 6 nitrogen and oxygen atoms in total. The second kappa shape index (κ2) is 8.43. The van der Waals surface area contributed by atoms with E-state index in [2.05, 4.69) is 20.4 Å². The van der Waals surface area contributed by atoms with Crippen molar-refractivity contribution in [2.45, 2.75) is 18.4 Å². The standard InChI is InChI=1S/C22H25ClN4O2/c23-18-6-8-19(9-7-18)27-16-25-21(29)22(27)10-13-26(14-11-22)15-12-24-20(28)17-4-2-1-3-5-17/h1-9H,10-16H2,(H,24,28)(H,25,29). The Balaban J connectivity index is 1.32. The van der Waals surface area contributed by atoms with Crippen LogP contribution in [0.4, 0.5) is 5.69 Å². The van der Waals surface area contributed by atoms with Crippen LogP contribution < -0.4 is 15.5 Å². The second-order valence-electron chi connectivity index (χ2n) is 7.56. The molecule has 4 rings (SSSR count). The fourth-order valence-electron chi connectivity index (χ4n) is 4.21. The molecule has 2 amide bonds. The molecule has 0 aliphatic carbocycles. The van der Waals surface area contributed by atoms with Gasteiger partial charge in [0.05, 0.1) is 6.67 Å². The highest BCUT2D eigenvalue weighted by Gasteiger charge is 2.50. The van der Waals surface area contributed by atoms with Crippen molar-refractivity contribution in [2.75, 3.05) is 37.7 Å². The van der Waals surface area contributed by atoms with Gasteiger partial charge in [-0.3, -0.25) is 9.59 Å². The van der Waals surface area contributed by atoms with Gasteiger partial charge in [-0.25, -0.2) is 0 Å². The van der Waals surface area contributed by atoms with E-state index in [1.54, 1.807) is 0 Å². The molecular weight excluding hydrogens is 388 g/mol. The number of amides is 2. The number of piperidine rings is 1. The van der Waals surface area contributed by atoms with Crippen LogP contribution in [-0.4, -0.2) is 55.1 Å². The van der Waals surface area contributed by atoms with E-state index in [0.29, 0.717) is 23.8 Å². The Kier molecular flexibility index (Phi) is 5.74. The SMILES string of the molecule is O=C(NCCN1CCC2(CC1)C(=O)NCN2c1ccc(Cl)cc1)c1ccccc1. The van der Waals surface area contributed by atoms with Gasteiger partial charge in [0.25, 0.3) is 5.91 Å². The summed E-state index contributed by atoms with van der Waals surface area (Å²) >= 11 is 6.02. The first-order chi connectivity index (χ1) is 14.1. The van der Waals surface area contributed by atoms with Gasteiger partial charge in [-0.15, -0.1) is 0 Å². The van der Waals surface area contributed by atoms with Crippen LogP contribution in [0.3, 0.4) is 0 Å². The Morgan fingerprint density at radius 1 is 1.07 bits per heavy atom. The third-order valence-electron chi connectivity index (χ3n) is 5.91. The summed E-state index contributed by atoms with van der Waals surface area (Å²) in [5.74, 6) is 0.0487. The minimum atomic E-state index is -0.502. The monoisotopic (exact) mass is 412 g/mol. The maximum absolute atomic E-state index is 12.7. The molecule has 0 atom stereocenters. The van der Waals surface area contributed by atoms with Crippen molar-refractivity contribution in [1.82, 2.24) is 15.5 Å². The van der Waals surface area contributed by atoms with E-state index in [4.69, 9.17) is 11.6 Å². The first-order valence-corrected chi connectivity index (χ1v) is 10.3. The number of hydrogen-bond donors (Lipinski definition) is 2. The first kappa shape index (κ1) is 19.7. The van der Waals surface area contributed by atoms with Crippen molar-refractivity contribution < 1.29 is 9.59 Å². The summed E-state index contributed by atoms with van der Waals surface area (Å²) in [7, 11) is 0. The predicted octanol–water partition coefficient (Wildman–Crippen LogP) is 2.50. The Hall–Kier alpha value is -2.57. The molecule has 2 fully saturated rings. The lowest BCUT2D eigenvalue weighted by molar-refractivity contribution is -0.125. The quantitative estimate of drug-likeness (QED) is 0.792. The maximum atomic E-state index is 12.7. The Morgan fingerprint density at radius 3 is 2.45 bits per heavy atom. The molecule has 7 heteroatoms. The number of carbonyl (C=O) groups is 2. The number of benzene rings is 2. The van der Waals surface area contributed by atoms with Gasteiger partial charge in [-0.05, 0) is 49.2 Å². The molecule has 2 N–H and O–H groups in total. The van der Waals surface area contributed by atoms with Gasteiger partial charge in [-0.1, -0.05) is 29.8 Å². The van der Waals surface area contributed by atoms with Gasteiger partial charge in [0.2, 0.25) is 5.91 Å². The first-order valence-electron chi connectivity index (χ1n) is 9.96. The molecule has 2 aliphatic heterocycles. The van der Waals surface area contributed by atoms with Crippen LogP contribution in [0.15, 0.2) is 54.6 Å². The number of anilines is 1. The summed E-state index contributed by atoms with van der Waals surface area (Å²) in [4.78, 5) is 29.3. The maximum Gasteiger partial charge on any atom is 0.251 e. The van der Waals surface area contributed by atoms with Crippen LogP contribution in [0.2, 0.25) is 5.02 Å². The summed E-state index contributed by atoms with van der Waals surface area (Å²) in [5, 5.41) is 6.67. The third kappa shape index (κ3) is 4.09. The minimum absolute atomic E-state index is 0.0526. The summed E-state index contributed by atoms with van der Waals surface area (Å²) < 4.78 is 0. The highest BCUT2D eigenvalue weighted by Crippen LogP contribution is 2.36. The number of hydrogen-bond acceptors (Lipinski definition) is 4. The van der Waals surface area contributed by atoms with Crippen LogP contribution >= 0.6 is 11.6 Å². The van der Waals surface area contributed by atoms with E-state index in [1.165, 1.54) is 0 Å². The number of halogens is 1. The van der Waals surface area contributed by atoms with Crippen molar-refractivity contribution in [3.8, 4) is 0 Å². The smallest absolute Gasteiger partial charge is 0.251 e. The van der Waals surface area contributed by atoms with Crippen molar-refractivity contribution in [3.63, 3.8) is 0 Å². The van der Waals surface area contributed by atoms with Gasteiger partial charge in [-0.2, -0.15) is 0 Å². The number of carbonyl (C=O) groups excluding carboxylic acids is 2. The van der Waals surface area contributed by atoms with Gasteiger partial charge in [0.1, 0.15) is 5.54 Å². The molecule has 2 aromatic carbocycles. The molecule has 2 saturated heterocycles. The topological polar surface area (TPSA) is 64.7 Å². The van der Waals surface area contributed by atoms with E-state index >= 15 is 0 Å². The molecule has 0 saturated carbocycles. The molecule has 0 unspecified atom stereocenters. The summed E-state index contributed by atoms with van der Waals surface area (Å²) in [6, 6.07) is 16.9. The highest BCUT2D eigenvalue weighted by atomic mass is 35.5. The molecule has 29 heavy (non-hydrogen) atoms.